The van der Waals surface area contributed by atoms with Gasteiger partial charge < -0.3 is 19.5 Å². The van der Waals surface area contributed by atoms with Gasteiger partial charge in [-0.25, -0.2) is 0 Å². The average Bonchev–Trinajstić information content (AvgIpc) is 2.60. The van der Waals surface area contributed by atoms with Crippen LogP contribution in [-0.2, 0) is 16.7 Å². The molecule has 1 aromatic heterocycles. The summed E-state index contributed by atoms with van der Waals surface area (Å²) in [6.45, 7) is 5.17. The number of aromatic nitrogens is 2. The van der Waals surface area contributed by atoms with E-state index in [9.17, 15) is 0 Å². The fraction of sp³-hybridized carbons (Fsp3) is 0.444. The Bertz CT molecular complexity index is 723. The molecule has 0 amide bonds. The number of hydrogen-bond donors (Lipinski definition) is 1. The van der Waals surface area contributed by atoms with Crippen LogP contribution >= 0.6 is 11.6 Å². The molecule has 0 bridgehead atoms. The third-order valence-electron chi connectivity index (χ3n) is 3.94. The van der Waals surface area contributed by atoms with E-state index in [2.05, 4.69) is 29.4 Å². The van der Waals surface area contributed by atoms with Gasteiger partial charge in [-0.05, 0) is 18.2 Å². The molecule has 25 heavy (non-hydrogen) atoms. The fourth-order valence-electron chi connectivity index (χ4n) is 2.56. The second-order valence-electron chi connectivity index (χ2n) is 6.28. The fourth-order valence-corrected chi connectivity index (χ4v) is 2.91. The molecular formula is C18H24ClN3O3. The van der Waals surface area contributed by atoms with Crippen LogP contribution in [0.4, 0.5) is 5.82 Å². The lowest BCUT2D eigenvalue weighted by molar-refractivity contribution is 0.146. The van der Waals surface area contributed by atoms with Crippen molar-refractivity contribution in [2.24, 2.45) is 0 Å². The number of ether oxygens (including phenoxy) is 3. The summed E-state index contributed by atoms with van der Waals surface area (Å²) in [5.74, 6) is 2.13. The monoisotopic (exact) mass is 365 g/mol. The summed E-state index contributed by atoms with van der Waals surface area (Å²) in [6, 6.07) is 7.59. The van der Waals surface area contributed by atoms with Gasteiger partial charge in [-0.1, -0.05) is 25.4 Å². The zero-order chi connectivity index (χ0) is 18.4. The van der Waals surface area contributed by atoms with E-state index >= 15 is 0 Å². The van der Waals surface area contributed by atoms with Crippen molar-refractivity contribution in [1.82, 2.24) is 10.2 Å². The summed E-state index contributed by atoms with van der Waals surface area (Å²) in [5, 5.41) is 11.8. The van der Waals surface area contributed by atoms with Crippen LogP contribution in [0.3, 0.4) is 0 Å². The van der Waals surface area contributed by atoms with Gasteiger partial charge in [-0.2, -0.15) is 0 Å². The highest BCUT2D eigenvalue weighted by Gasteiger charge is 2.25. The van der Waals surface area contributed by atoms with E-state index in [1.54, 1.807) is 21.3 Å². The average molecular weight is 366 g/mol. The first-order valence-electron chi connectivity index (χ1n) is 7.88. The highest BCUT2D eigenvalue weighted by Crippen LogP contribution is 2.30. The maximum atomic E-state index is 6.22. The molecule has 1 heterocycles. The van der Waals surface area contributed by atoms with Crippen molar-refractivity contribution in [2.75, 3.05) is 33.3 Å². The highest BCUT2D eigenvalue weighted by molar-refractivity contribution is 6.30. The maximum Gasteiger partial charge on any atom is 0.155 e. The largest absolute Gasteiger partial charge is 0.497 e. The Kier molecular flexibility index (Phi) is 6.45. The van der Waals surface area contributed by atoms with Crippen molar-refractivity contribution in [3.8, 4) is 11.5 Å². The first kappa shape index (κ1) is 19.3. The van der Waals surface area contributed by atoms with E-state index in [0.29, 0.717) is 24.1 Å². The minimum atomic E-state index is -0.268. The van der Waals surface area contributed by atoms with Gasteiger partial charge in [0.1, 0.15) is 17.3 Å². The van der Waals surface area contributed by atoms with Crippen LogP contribution in [-0.4, -0.2) is 38.1 Å². The quantitative estimate of drug-likeness (QED) is 0.769. The number of nitrogens with zero attached hydrogens (tertiary/aromatic N) is 2. The first-order chi connectivity index (χ1) is 11.9. The van der Waals surface area contributed by atoms with E-state index in [4.69, 9.17) is 25.8 Å². The third-order valence-corrected chi connectivity index (χ3v) is 4.22. The number of benzene rings is 1. The Morgan fingerprint density at radius 1 is 1.08 bits per heavy atom. The van der Waals surface area contributed by atoms with Crippen LogP contribution in [0, 0.1) is 0 Å². The number of nitrogens with one attached hydrogen (secondary N) is 1. The van der Waals surface area contributed by atoms with Crippen molar-refractivity contribution in [1.29, 1.82) is 0 Å². The number of anilines is 1. The van der Waals surface area contributed by atoms with Gasteiger partial charge in [0.2, 0.25) is 0 Å². The highest BCUT2D eigenvalue weighted by atomic mass is 35.5. The molecule has 0 radical (unpaired) electrons. The molecule has 0 fully saturated rings. The summed E-state index contributed by atoms with van der Waals surface area (Å²) in [4.78, 5) is 0. The molecule has 7 heteroatoms. The van der Waals surface area contributed by atoms with Crippen LogP contribution in [0.15, 0.2) is 24.3 Å². The molecule has 0 saturated carbocycles. The SMILES string of the molecule is COCC(C)(C)c1cc(NCc2ccc(OC)cc2OC)nnc1Cl. The predicted octanol–water partition coefficient (Wildman–Crippen LogP) is 3.68. The Morgan fingerprint density at radius 2 is 1.84 bits per heavy atom. The van der Waals surface area contributed by atoms with Crippen LogP contribution in [0.1, 0.15) is 25.0 Å². The number of halogens is 1. The van der Waals surface area contributed by atoms with Crippen molar-refractivity contribution in [3.63, 3.8) is 0 Å². The Balaban J connectivity index is 2.19. The van der Waals surface area contributed by atoms with Crippen molar-refractivity contribution in [3.05, 3.63) is 40.5 Å². The second kappa shape index (κ2) is 8.36. The summed E-state index contributed by atoms with van der Waals surface area (Å²) in [6.07, 6.45) is 0. The molecule has 0 aliphatic rings. The summed E-state index contributed by atoms with van der Waals surface area (Å²) >= 11 is 6.22. The molecule has 136 valence electrons. The number of methoxy groups -OCH3 is 3. The molecule has 0 aliphatic carbocycles. The van der Waals surface area contributed by atoms with Crippen LogP contribution < -0.4 is 14.8 Å². The van der Waals surface area contributed by atoms with Crippen molar-refractivity contribution in [2.45, 2.75) is 25.8 Å². The summed E-state index contributed by atoms with van der Waals surface area (Å²) in [7, 11) is 4.92. The van der Waals surface area contributed by atoms with Gasteiger partial charge in [0.15, 0.2) is 5.15 Å². The minimum Gasteiger partial charge on any atom is -0.497 e. The first-order valence-corrected chi connectivity index (χ1v) is 8.26. The number of hydrogen-bond acceptors (Lipinski definition) is 6. The standard InChI is InChI=1S/C18H24ClN3O3/c1-18(2,11-23-3)14-9-16(21-22-17(14)19)20-10-12-6-7-13(24-4)8-15(12)25-5/h6-9H,10-11H2,1-5H3,(H,20,21). The number of rotatable bonds is 8. The van der Waals surface area contributed by atoms with E-state index in [1.165, 1.54) is 0 Å². The second-order valence-corrected chi connectivity index (χ2v) is 6.64. The third kappa shape index (κ3) is 4.74. The normalized spacial score (nSPS) is 11.3. The summed E-state index contributed by atoms with van der Waals surface area (Å²) in [5.41, 5.74) is 1.60. The van der Waals surface area contributed by atoms with Crippen molar-refractivity contribution >= 4 is 17.4 Å². The van der Waals surface area contributed by atoms with E-state index < -0.39 is 0 Å². The van der Waals surface area contributed by atoms with Gasteiger partial charge in [0.05, 0.1) is 20.8 Å². The van der Waals surface area contributed by atoms with E-state index in [0.717, 1.165) is 22.6 Å². The molecule has 2 rings (SSSR count). The molecule has 1 aromatic carbocycles. The zero-order valence-corrected chi connectivity index (χ0v) is 16.0. The molecule has 1 N–H and O–H groups in total. The summed E-state index contributed by atoms with van der Waals surface area (Å²) < 4.78 is 15.9. The van der Waals surface area contributed by atoms with Crippen LogP contribution in [0.2, 0.25) is 5.15 Å². The Hall–Kier alpha value is -2.05. The van der Waals surface area contributed by atoms with Crippen LogP contribution in [0.25, 0.3) is 0 Å². The minimum absolute atomic E-state index is 0.268. The molecule has 0 saturated heterocycles. The van der Waals surface area contributed by atoms with Gasteiger partial charge in [0.25, 0.3) is 0 Å². The maximum absolute atomic E-state index is 6.22. The van der Waals surface area contributed by atoms with E-state index in [-0.39, 0.29) is 5.41 Å². The molecule has 6 nitrogen and oxygen atoms in total. The van der Waals surface area contributed by atoms with Gasteiger partial charge in [-0.15, -0.1) is 10.2 Å². The van der Waals surface area contributed by atoms with E-state index in [1.807, 2.05) is 24.3 Å². The smallest absolute Gasteiger partial charge is 0.155 e. The topological polar surface area (TPSA) is 65.5 Å². The van der Waals surface area contributed by atoms with Gasteiger partial charge in [0, 0.05) is 36.3 Å². The van der Waals surface area contributed by atoms with Crippen LogP contribution in [0.5, 0.6) is 11.5 Å². The van der Waals surface area contributed by atoms with Crippen molar-refractivity contribution < 1.29 is 14.2 Å². The lowest BCUT2D eigenvalue weighted by Crippen LogP contribution is -2.25. The molecular weight excluding hydrogens is 342 g/mol. The Morgan fingerprint density at radius 3 is 2.48 bits per heavy atom. The molecule has 0 unspecified atom stereocenters. The lowest BCUT2D eigenvalue weighted by atomic mass is 9.87. The van der Waals surface area contributed by atoms with Gasteiger partial charge >= 0.3 is 0 Å². The van der Waals surface area contributed by atoms with Gasteiger partial charge in [-0.3, -0.25) is 0 Å². The predicted molar refractivity (Wildman–Crippen MR) is 98.8 cm³/mol. The Labute approximate surface area is 153 Å². The zero-order valence-electron chi connectivity index (χ0n) is 15.2. The molecule has 0 aliphatic heterocycles. The lowest BCUT2D eigenvalue weighted by Gasteiger charge is -2.25. The molecule has 0 atom stereocenters. The molecule has 2 aromatic rings. The molecule has 0 spiro atoms.